The second-order valence-corrected chi connectivity index (χ2v) is 9.25. The van der Waals surface area contributed by atoms with E-state index in [1.807, 2.05) is 36.9 Å². The van der Waals surface area contributed by atoms with Crippen molar-refractivity contribution in [2.45, 2.75) is 0 Å². The Morgan fingerprint density at radius 1 is 0.421 bits per heavy atom. The topological polar surface area (TPSA) is 61.4 Å². The first-order valence-corrected chi connectivity index (χ1v) is 12.5. The molecule has 0 atom stereocenters. The molecule has 6 heteroatoms. The van der Waals surface area contributed by atoms with Gasteiger partial charge in [0.25, 0.3) is 0 Å². The second-order valence-electron chi connectivity index (χ2n) is 9.25. The van der Waals surface area contributed by atoms with Crippen LogP contribution >= 0.6 is 0 Å². The molecule has 0 aliphatic rings. The molecule has 0 N–H and O–H groups in total. The Hall–Kier alpha value is -5.36. The van der Waals surface area contributed by atoms with E-state index in [0.29, 0.717) is 0 Å². The van der Waals surface area contributed by atoms with Gasteiger partial charge in [-0.1, -0.05) is 36.4 Å². The van der Waals surface area contributed by atoms with Crippen LogP contribution in [-0.2, 0) is 0 Å². The first-order valence-electron chi connectivity index (χ1n) is 12.5. The molecule has 178 valence electrons. The molecule has 6 heterocycles. The standard InChI is InChI=1S/C32H20N6/c1-3-11-27-23(9-1)25-13-17-35-29(21-7-5-15-33-19-21)31(25)37(27)38-28-12-4-2-10-24(28)26-14-18-36-30(32(26)38)22-8-6-16-34-20-22/h1-20H. The van der Waals surface area contributed by atoms with Crippen LogP contribution in [0, 0.1) is 0 Å². The van der Waals surface area contributed by atoms with Crippen LogP contribution in [0.25, 0.3) is 66.1 Å². The van der Waals surface area contributed by atoms with Crippen LogP contribution in [0.3, 0.4) is 0 Å². The molecule has 0 spiro atoms. The number of fused-ring (bicyclic) bond motifs is 6. The summed E-state index contributed by atoms with van der Waals surface area (Å²) in [6.45, 7) is 0. The van der Waals surface area contributed by atoms with E-state index in [4.69, 9.17) is 9.97 Å². The summed E-state index contributed by atoms with van der Waals surface area (Å²) < 4.78 is 4.60. The third kappa shape index (κ3) is 2.88. The van der Waals surface area contributed by atoms with Gasteiger partial charge in [0, 0.05) is 69.9 Å². The summed E-state index contributed by atoms with van der Waals surface area (Å²) in [6.07, 6.45) is 11.1. The fourth-order valence-electron chi connectivity index (χ4n) is 5.63. The maximum Gasteiger partial charge on any atom is 0.0980 e. The van der Waals surface area contributed by atoms with Gasteiger partial charge in [-0.05, 0) is 48.5 Å². The Kier molecular flexibility index (Phi) is 4.42. The van der Waals surface area contributed by atoms with Crippen LogP contribution in [0.2, 0.25) is 0 Å². The van der Waals surface area contributed by atoms with Gasteiger partial charge in [0.15, 0.2) is 0 Å². The predicted molar refractivity (Wildman–Crippen MR) is 152 cm³/mol. The second kappa shape index (κ2) is 8.08. The molecule has 0 fully saturated rings. The molecule has 8 rings (SSSR count). The number of benzene rings is 2. The lowest BCUT2D eigenvalue weighted by Crippen LogP contribution is -2.10. The van der Waals surface area contributed by atoms with E-state index in [1.54, 1.807) is 12.4 Å². The van der Waals surface area contributed by atoms with Crippen molar-refractivity contribution in [3.8, 4) is 22.5 Å². The summed E-state index contributed by atoms with van der Waals surface area (Å²) in [7, 11) is 0. The van der Waals surface area contributed by atoms with Crippen molar-refractivity contribution < 1.29 is 0 Å². The smallest absolute Gasteiger partial charge is 0.0980 e. The lowest BCUT2D eigenvalue weighted by atomic mass is 10.1. The van der Waals surface area contributed by atoms with Crippen LogP contribution < -0.4 is 0 Å². The van der Waals surface area contributed by atoms with Crippen LogP contribution in [0.4, 0.5) is 0 Å². The Morgan fingerprint density at radius 3 is 1.34 bits per heavy atom. The zero-order valence-corrected chi connectivity index (χ0v) is 20.2. The van der Waals surface area contributed by atoms with Gasteiger partial charge in [0.1, 0.15) is 0 Å². The van der Waals surface area contributed by atoms with Gasteiger partial charge in [0.05, 0.1) is 33.5 Å². The molecule has 6 nitrogen and oxygen atoms in total. The molecule has 0 unspecified atom stereocenters. The molecular formula is C32H20N6. The monoisotopic (exact) mass is 488 g/mol. The number of hydrogen-bond donors (Lipinski definition) is 0. The summed E-state index contributed by atoms with van der Waals surface area (Å²) in [5, 5.41) is 4.58. The third-order valence-corrected chi connectivity index (χ3v) is 7.19. The Labute approximate surface area is 217 Å². The van der Waals surface area contributed by atoms with Gasteiger partial charge < -0.3 is 0 Å². The number of hydrogen-bond acceptors (Lipinski definition) is 4. The minimum Gasteiger partial charge on any atom is -0.264 e. The summed E-state index contributed by atoms with van der Waals surface area (Å²) in [5.74, 6) is 0. The Morgan fingerprint density at radius 2 is 0.895 bits per heavy atom. The maximum absolute atomic E-state index is 4.88. The van der Waals surface area contributed by atoms with E-state index in [0.717, 1.165) is 66.1 Å². The third-order valence-electron chi connectivity index (χ3n) is 7.19. The van der Waals surface area contributed by atoms with Crippen LogP contribution in [0.5, 0.6) is 0 Å². The minimum absolute atomic E-state index is 0.879. The molecule has 0 aliphatic carbocycles. The van der Waals surface area contributed by atoms with E-state index >= 15 is 0 Å². The normalized spacial score (nSPS) is 11.7. The molecule has 0 saturated heterocycles. The van der Waals surface area contributed by atoms with E-state index in [-0.39, 0.29) is 0 Å². The summed E-state index contributed by atoms with van der Waals surface area (Å²) in [4.78, 5) is 18.6. The maximum atomic E-state index is 4.88. The summed E-state index contributed by atoms with van der Waals surface area (Å²) in [5.41, 5.74) is 7.90. The number of rotatable bonds is 3. The first kappa shape index (κ1) is 20.8. The average Bonchev–Trinajstić information content (AvgIpc) is 3.51. The largest absolute Gasteiger partial charge is 0.264 e. The minimum atomic E-state index is 0.879. The molecule has 8 aromatic rings. The fourth-order valence-corrected chi connectivity index (χ4v) is 5.63. The Balaban J connectivity index is 1.63. The lowest BCUT2D eigenvalue weighted by Gasteiger charge is -2.16. The van der Waals surface area contributed by atoms with Crippen LogP contribution in [-0.4, -0.2) is 29.3 Å². The van der Waals surface area contributed by atoms with Gasteiger partial charge in [-0.3, -0.25) is 19.9 Å². The van der Waals surface area contributed by atoms with Crippen molar-refractivity contribution in [2.75, 3.05) is 0 Å². The van der Waals surface area contributed by atoms with Gasteiger partial charge in [0.2, 0.25) is 0 Å². The molecule has 0 radical (unpaired) electrons. The van der Waals surface area contributed by atoms with Crippen molar-refractivity contribution in [1.82, 2.24) is 29.3 Å². The summed E-state index contributed by atoms with van der Waals surface area (Å²) >= 11 is 0. The van der Waals surface area contributed by atoms with Gasteiger partial charge >= 0.3 is 0 Å². The molecule has 0 amide bonds. The van der Waals surface area contributed by atoms with Crippen molar-refractivity contribution >= 4 is 43.6 Å². The lowest BCUT2D eigenvalue weighted by molar-refractivity contribution is 0.773. The number of para-hydroxylation sites is 2. The zero-order chi connectivity index (χ0) is 25.1. The van der Waals surface area contributed by atoms with Crippen LogP contribution in [0.1, 0.15) is 0 Å². The van der Waals surface area contributed by atoms with Gasteiger partial charge in [-0.15, -0.1) is 0 Å². The molecule has 2 aromatic carbocycles. The van der Waals surface area contributed by atoms with Crippen LogP contribution in [0.15, 0.2) is 122 Å². The number of nitrogens with zero attached hydrogens (tertiary/aromatic N) is 6. The Bertz CT molecular complexity index is 1970. The number of aromatic nitrogens is 6. The SMILES string of the molecule is c1cncc(-c2nccc3c4ccccc4n(-n4c5ccccc5c5ccnc(-c6cccnc6)c54)c23)c1. The molecular weight excluding hydrogens is 468 g/mol. The first-order chi connectivity index (χ1) is 18.9. The van der Waals surface area contributed by atoms with Gasteiger partial charge in [-0.25, -0.2) is 9.35 Å². The molecule has 0 aliphatic heterocycles. The summed E-state index contributed by atoms with van der Waals surface area (Å²) in [6, 6.07) is 29.3. The molecule has 0 saturated carbocycles. The van der Waals surface area contributed by atoms with Crippen molar-refractivity contribution in [2.24, 2.45) is 0 Å². The highest BCUT2D eigenvalue weighted by Gasteiger charge is 2.23. The highest BCUT2D eigenvalue weighted by Crippen LogP contribution is 2.40. The van der Waals surface area contributed by atoms with E-state index in [1.165, 1.54) is 0 Å². The van der Waals surface area contributed by atoms with E-state index < -0.39 is 0 Å². The molecule has 6 aromatic heterocycles. The van der Waals surface area contributed by atoms with Crippen molar-refractivity contribution in [3.05, 3.63) is 122 Å². The van der Waals surface area contributed by atoms with Gasteiger partial charge in [-0.2, -0.15) is 0 Å². The van der Waals surface area contributed by atoms with E-state index in [2.05, 4.69) is 92.1 Å². The molecule has 0 bridgehead atoms. The highest BCUT2D eigenvalue weighted by atomic mass is 15.5. The highest BCUT2D eigenvalue weighted by molar-refractivity contribution is 6.15. The van der Waals surface area contributed by atoms with Crippen molar-refractivity contribution in [1.29, 1.82) is 0 Å². The number of pyridine rings is 4. The zero-order valence-electron chi connectivity index (χ0n) is 20.2. The quantitative estimate of drug-likeness (QED) is 0.265. The van der Waals surface area contributed by atoms with E-state index in [9.17, 15) is 0 Å². The van der Waals surface area contributed by atoms with Crippen molar-refractivity contribution in [3.63, 3.8) is 0 Å². The molecule has 38 heavy (non-hydrogen) atoms. The predicted octanol–water partition coefficient (Wildman–Crippen LogP) is 7.13. The fraction of sp³-hybridized carbons (Fsp3) is 0. The average molecular weight is 489 g/mol.